The Hall–Kier alpha value is -1.44. The minimum Gasteiger partial charge on any atom is -0.337 e. The highest BCUT2D eigenvalue weighted by Gasteiger charge is 2.06. The molecule has 5 nitrogen and oxygen atoms in total. The molecule has 7 heteroatoms. The zero-order valence-electron chi connectivity index (χ0n) is 11.2. The van der Waals surface area contributed by atoms with E-state index in [1.807, 2.05) is 41.1 Å². The van der Waals surface area contributed by atoms with Crippen molar-refractivity contribution in [1.82, 2.24) is 14.3 Å². The van der Waals surface area contributed by atoms with Crippen LogP contribution in [0.25, 0.3) is 11.3 Å². The minimum atomic E-state index is -3.13. The van der Waals surface area contributed by atoms with Crippen LogP contribution >= 0.6 is 12.2 Å². The lowest BCUT2D eigenvalue weighted by atomic mass is 10.2. The molecular weight excluding hydrogens is 294 g/mol. The molecule has 1 aromatic heterocycles. The third kappa shape index (κ3) is 4.03. The molecule has 2 aromatic rings. The summed E-state index contributed by atoms with van der Waals surface area (Å²) in [6.07, 6.45) is 3.71. The maximum Gasteiger partial charge on any atom is 0.208 e. The molecule has 0 spiro atoms. The lowest BCUT2D eigenvalue weighted by Crippen LogP contribution is -2.23. The summed E-state index contributed by atoms with van der Waals surface area (Å²) in [5.41, 5.74) is 2.09. The second-order valence-electron chi connectivity index (χ2n) is 4.52. The van der Waals surface area contributed by atoms with Crippen molar-refractivity contribution in [2.75, 3.05) is 12.8 Å². The first kappa shape index (κ1) is 15.0. The van der Waals surface area contributed by atoms with E-state index in [9.17, 15) is 8.42 Å². The normalized spacial score (nSPS) is 11.7. The minimum absolute atomic E-state index is 0.403. The molecule has 0 bridgehead atoms. The van der Waals surface area contributed by atoms with Crippen LogP contribution < -0.4 is 4.72 Å². The van der Waals surface area contributed by atoms with Gasteiger partial charge in [0, 0.05) is 19.3 Å². The second-order valence-corrected chi connectivity index (χ2v) is 6.74. The van der Waals surface area contributed by atoms with Gasteiger partial charge >= 0.3 is 0 Å². The average Bonchev–Trinajstić information content (AvgIpc) is 2.76. The number of aromatic nitrogens is 2. The number of sulfonamides is 1. The topological polar surface area (TPSA) is 66.9 Å². The fourth-order valence-electron chi connectivity index (χ4n) is 1.96. The molecule has 0 amide bonds. The van der Waals surface area contributed by atoms with Gasteiger partial charge < -0.3 is 9.55 Å². The molecule has 0 saturated carbocycles. The Bertz CT molecular complexity index is 718. The van der Waals surface area contributed by atoms with Crippen LogP contribution in [0.5, 0.6) is 0 Å². The van der Waals surface area contributed by atoms with E-state index in [-0.39, 0.29) is 0 Å². The summed E-state index contributed by atoms with van der Waals surface area (Å²) in [5, 5.41) is 0. The van der Waals surface area contributed by atoms with Crippen molar-refractivity contribution in [3.63, 3.8) is 0 Å². The van der Waals surface area contributed by atoms with E-state index in [4.69, 9.17) is 12.2 Å². The summed E-state index contributed by atoms with van der Waals surface area (Å²) in [4.78, 5) is 3.03. The van der Waals surface area contributed by atoms with Crippen LogP contribution in [0.15, 0.2) is 36.5 Å². The summed E-state index contributed by atoms with van der Waals surface area (Å²) in [6.45, 7) is 1.06. The maximum atomic E-state index is 11.0. The highest BCUT2D eigenvalue weighted by Crippen LogP contribution is 2.19. The number of hydrogen-bond donors (Lipinski definition) is 2. The maximum absolute atomic E-state index is 11.0. The van der Waals surface area contributed by atoms with Gasteiger partial charge in [0.05, 0.1) is 11.9 Å². The molecule has 0 saturated heterocycles. The fourth-order valence-corrected chi connectivity index (χ4v) is 2.72. The summed E-state index contributed by atoms with van der Waals surface area (Å²) >= 11 is 5.26. The first-order valence-electron chi connectivity index (χ1n) is 6.25. The largest absolute Gasteiger partial charge is 0.337 e. The first-order valence-corrected chi connectivity index (χ1v) is 8.55. The number of rotatable bonds is 6. The van der Waals surface area contributed by atoms with Crippen LogP contribution in [0.4, 0.5) is 0 Å². The molecule has 0 aliphatic heterocycles. The van der Waals surface area contributed by atoms with Crippen LogP contribution in [-0.2, 0) is 16.6 Å². The number of H-pyrrole nitrogens is 1. The van der Waals surface area contributed by atoms with Gasteiger partial charge in [-0.1, -0.05) is 30.3 Å². The standard InChI is InChI=1S/C13H17N3O2S2/c1-20(17,18)15-8-5-9-16-12(10-14-13(16)19)11-6-3-2-4-7-11/h2-4,6-7,10,15H,5,8-9H2,1H3,(H,14,19). The Morgan fingerprint density at radius 1 is 1.30 bits per heavy atom. The van der Waals surface area contributed by atoms with Gasteiger partial charge in [0.2, 0.25) is 10.0 Å². The fraction of sp³-hybridized carbons (Fsp3) is 0.308. The van der Waals surface area contributed by atoms with Crippen molar-refractivity contribution in [3.05, 3.63) is 41.3 Å². The van der Waals surface area contributed by atoms with E-state index in [2.05, 4.69) is 9.71 Å². The second kappa shape index (κ2) is 6.34. The van der Waals surface area contributed by atoms with Gasteiger partial charge in [-0.2, -0.15) is 0 Å². The lowest BCUT2D eigenvalue weighted by Gasteiger charge is -2.08. The molecule has 0 aliphatic rings. The molecule has 2 N–H and O–H groups in total. The summed E-state index contributed by atoms with van der Waals surface area (Å²) < 4.78 is 27.1. The number of aromatic amines is 1. The first-order chi connectivity index (χ1) is 9.47. The number of hydrogen-bond acceptors (Lipinski definition) is 3. The highest BCUT2D eigenvalue weighted by molar-refractivity contribution is 7.88. The van der Waals surface area contributed by atoms with Crippen LogP contribution in [0, 0.1) is 4.77 Å². The van der Waals surface area contributed by atoms with Crippen LogP contribution in [0.1, 0.15) is 6.42 Å². The zero-order valence-corrected chi connectivity index (χ0v) is 12.8. The molecule has 1 heterocycles. The predicted octanol–water partition coefficient (Wildman–Crippen LogP) is 2.15. The Labute approximate surface area is 123 Å². The molecular formula is C13H17N3O2S2. The van der Waals surface area contributed by atoms with Crippen molar-refractivity contribution >= 4 is 22.2 Å². The summed E-state index contributed by atoms with van der Waals surface area (Å²) in [5.74, 6) is 0. The van der Waals surface area contributed by atoms with Crippen LogP contribution in [0.2, 0.25) is 0 Å². The SMILES string of the molecule is CS(=O)(=O)NCCCn1c(-c2ccccc2)c[nH]c1=S. The quantitative estimate of drug-likeness (QED) is 0.634. The number of nitrogens with zero attached hydrogens (tertiary/aromatic N) is 1. The van der Waals surface area contributed by atoms with Crippen LogP contribution in [0.3, 0.4) is 0 Å². The molecule has 1 aromatic carbocycles. The summed E-state index contributed by atoms with van der Waals surface area (Å²) in [7, 11) is -3.13. The molecule has 20 heavy (non-hydrogen) atoms. The van der Waals surface area contributed by atoms with Crippen molar-refractivity contribution in [1.29, 1.82) is 0 Å². The Morgan fingerprint density at radius 3 is 2.65 bits per heavy atom. The van der Waals surface area contributed by atoms with E-state index in [1.54, 1.807) is 0 Å². The molecule has 108 valence electrons. The van der Waals surface area contributed by atoms with E-state index in [0.717, 1.165) is 17.5 Å². The van der Waals surface area contributed by atoms with Gasteiger partial charge in [-0.3, -0.25) is 0 Å². The van der Waals surface area contributed by atoms with Crippen molar-refractivity contribution < 1.29 is 8.42 Å². The van der Waals surface area contributed by atoms with Gasteiger partial charge in [-0.05, 0) is 24.2 Å². The third-order valence-electron chi connectivity index (χ3n) is 2.86. The van der Waals surface area contributed by atoms with E-state index >= 15 is 0 Å². The molecule has 0 unspecified atom stereocenters. The van der Waals surface area contributed by atoms with E-state index < -0.39 is 10.0 Å². The summed E-state index contributed by atoms with van der Waals surface area (Å²) in [6, 6.07) is 9.94. The van der Waals surface area contributed by atoms with Crippen molar-refractivity contribution in [2.45, 2.75) is 13.0 Å². The predicted molar refractivity (Wildman–Crippen MR) is 82.5 cm³/mol. The van der Waals surface area contributed by atoms with Gasteiger partial charge in [-0.15, -0.1) is 0 Å². The number of imidazole rings is 1. The van der Waals surface area contributed by atoms with Gasteiger partial charge in [0.25, 0.3) is 0 Å². The highest BCUT2D eigenvalue weighted by atomic mass is 32.2. The van der Waals surface area contributed by atoms with Gasteiger partial charge in [0.15, 0.2) is 4.77 Å². The van der Waals surface area contributed by atoms with Crippen LogP contribution in [-0.4, -0.2) is 30.8 Å². The molecule has 0 fully saturated rings. The number of benzene rings is 1. The van der Waals surface area contributed by atoms with E-state index in [1.165, 1.54) is 0 Å². The Balaban J connectivity index is 2.09. The van der Waals surface area contributed by atoms with Crippen molar-refractivity contribution in [3.8, 4) is 11.3 Å². The average molecular weight is 311 g/mol. The smallest absolute Gasteiger partial charge is 0.208 e. The molecule has 0 atom stereocenters. The molecule has 2 rings (SSSR count). The van der Waals surface area contributed by atoms with Crippen molar-refractivity contribution in [2.24, 2.45) is 0 Å². The monoisotopic (exact) mass is 311 g/mol. The lowest BCUT2D eigenvalue weighted by molar-refractivity contribution is 0.575. The Kier molecular flexibility index (Phi) is 4.74. The Morgan fingerprint density at radius 2 is 2.00 bits per heavy atom. The number of nitrogens with one attached hydrogen (secondary N) is 2. The van der Waals surface area contributed by atoms with E-state index in [0.29, 0.717) is 24.3 Å². The molecule has 0 radical (unpaired) electrons. The van der Waals surface area contributed by atoms with Gasteiger partial charge in [-0.25, -0.2) is 13.1 Å². The van der Waals surface area contributed by atoms with Gasteiger partial charge in [0.1, 0.15) is 0 Å². The zero-order chi connectivity index (χ0) is 14.6. The third-order valence-corrected chi connectivity index (χ3v) is 3.93. The molecule has 0 aliphatic carbocycles.